The molecule has 0 bridgehead atoms. The maximum Gasteiger partial charge on any atom is 0.472 e. The Morgan fingerprint density at radius 2 is 0.500 bits per heavy atom. The summed E-state index contributed by atoms with van der Waals surface area (Å²) in [6, 6.07) is 0. The second kappa shape index (κ2) is 63.8. The first kappa shape index (κ1) is 90.1. The van der Waals surface area contributed by atoms with Gasteiger partial charge in [0.1, 0.15) is 19.3 Å². The number of hydrogen-bond donors (Lipinski definition) is 3. The van der Waals surface area contributed by atoms with Crippen molar-refractivity contribution in [1.82, 2.24) is 0 Å². The number of unbranched alkanes of at least 4 members (excludes halogenated alkanes) is 39. The summed E-state index contributed by atoms with van der Waals surface area (Å²) in [6.45, 7) is 11.8. The Morgan fingerprint density at radius 1 is 0.293 bits per heavy atom. The normalized spacial score (nSPS) is 14.1. The van der Waals surface area contributed by atoms with E-state index < -0.39 is 97.5 Å². The maximum absolute atomic E-state index is 13.1. The zero-order valence-electron chi connectivity index (χ0n) is 60.0. The van der Waals surface area contributed by atoms with E-state index in [1.54, 1.807) is 0 Å². The second-order valence-corrected chi connectivity index (χ2v) is 30.7. The van der Waals surface area contributed by atoms with E-state index in [9.17, 15) is 43.2 Å². The molecule has 5 atom stereocenters. The molecule has 0 heterocycles. The first-order valence-electron chi connectivity index (χ1n) is 37.8. The molecule has 0 spiro atoms. The van der Waals surface area contributed by atoms with Crippen LogP contribution in [0.3, 0.4) is 0 Å². The smallest absolute Gasteiger partial charge is 0.462 e. The van der Waals surface area contributed by atoms with Crippen molar-refractivity contribution < 1.29 is 80.2 Å². The molecule has 92 heavy (non-hydrogen) atoms. The SMILES string of the molecule is CCCCCCCCCCC(=O)OC[C@H](COP(=O)(O)OC[C@H](O)COP(=O)(O)OC[C@@H](COC(=O)CCCCCCCCCCCCCCCC(C)C)OC(=O)CCCCCCCCCCCCCCCCCCC(C)C)OC(=O)CCCCCCCCC(C)C. The van der Waals surface area contributed by atoms with Crippen molar-refractivity contribution in [3.8, 4) is 0 Å². The number of rotatable bonds is 71. The summed E-state index contributed by atoms with van der Waals surface area (Å²) in [4.78, 5) is 72.5. The van der Waals surface area contributed by atoms with E-state index in [2.05, 4.69) is 48.5 Å². The molecule has 546 valence electrons. The van der Waals surface area contributed by atoms with Gasteiger partial charge in [-0.15, -0.1) is 0 Å². The molecule has 0 aromatic heterocycles. The van der Waals surface area contributed by atoms with Crippen LogP contribution in [-0.2, 0) is 65.4 Å². The monoisotopic (exact) mass is 1350 g/mol. The van der Waals surface area contributed by atoms with Crippen molar-refractivity contribution in [3.63, 3.8) is 0 Å². The Kier molecular flexibility index (Phi) is 62.4. The first-order chi connectivity index (χ1) is 44.2. The summed E-state index contributed by atoms with van der Waals surface area (Å²) in [6.07, 6.45) is 48.9. The van der Waals surface area contributed by atoms with E-state index in [-0.39, 0.29) is 25.7 Å². The van der Waals surface area contributed by atoms with Crippen LogP contribution in [0.4, 0.5) is 0 Å². The fourth-order valence-electron chi connectivity index (χ4n) is 11.1. The van der Waals surface area contributed by atoms with E-state index in [0.717, 1.165) is 108 Å². The molecule has 17 nitrogen and oxygen atoms in total. The number of phosphoric ester groups is 2. The van der Waals surface area contributed by atoms with E-state index in [0.29, 0.717) is 31.6 Å². The molecule has 0 aliphatic carbocycles. The number of phosphoric acid groups is 2. The number of carbonyl (C=O) groups excluding carboxylic acids is 4. The zero-order chi connectivity index (χ0) is 68.0. The van der Waals surface area contributed by atoms with Gasteiger partial charge in [0.25, 0.3) is 0 Å². The Morgan fingerprint density at radius 3 is 0.739 bits per heavy atom. The van der Waals surface area contributed by atoms with Crippen molar-refractivity contribution in [1.29, 1.82) is 0 Å². The average Bonchev–Trinajstić information content (AvgIpc) is 2.23. The summed E-state index contributed by atoms with van der Waals surface area (Å²) in [5.74, 6) is 0.141. The highest BCUT2D eigenvalue weighted by molar-refractivity contribution is 7.47. The fourth-order valence-corrected chi connectivity index (χ4v) is 12.7. The molecular weight excluding hydrogens is 1210 g/mol. The van der Waals surface area contributed by atoms with Gasteiger partial charge in [0.2, 0.25) is 0 Å². The van der Waals surface area contributed by atoms with Crippen LogP contribution in [0, 0.1) is 17.8 Å². The van der Waals surface area contributed by atoms with E-state index >= 15 is 0 Å². The molecule has 0 rings (SSSR count). The minimum Gasteiger partial charge on any atom is -0.462 e. The molecule has 0 aromatic rings. The number of carbonyl (C=O) groups is 4. The number of esters is 4. The Balaban J connectivity index is 5.19. The highest BCUT2D eigenvalue weighted by Crippen LogP contribution is 2.45. The molecule has 0 radical (unpaired) electrons. The average molecular weight is 1350 g/mol. The molecule has 19 heteroatoms. The lowest BCUT2D eigenvalue weighted by atomic mass is 10.0. The van der Waals surface area contributed by atoms with Crippen molar-refractivity contribution in [2.75, 3.05) is 39.6 Å². The predicted octanol–water partition coefficient (Wildman–Crippen LogP) is 21.0. The molecule has 0 aliphatic rings. The number of hydrogen-bond acceptors (Lipinski definition) is 15. The highest BCUT2D eigenvalue weighted by Gasteiger charge is 2.30. The van der Waals surface area contributed by atoms with Crippen LogP contribution in [0.25, 0.3) is 0 Å². The van der Waals surface area contributed by atoms with Crippen molar-refractivity contribution >= 4 is 39.5 Å². The van der Waals surface area contributed by atoms with Crippen LogP contribution in [-0.4, -0.2) is 96.7 Å². The van der Waals surface area contributed by atoms with Crippen LogP contribution in [0.2, 0.25) is 0 Å². The quantitative estimate of drug-likeness (QED) is 0.0222. The van der Waals surface area contributed by atoms with Gasteiger partial charge in [0.05, 0.1) is 26.4 Å². The van der Waals surface area contributed by atoms with Crippen LogP contribution in [0.1, 0.15) is 370 Å². The van der Waals surface area contributed by atoms with Crippen molar-refractivity contribution in [2.45, 2.75) is 388 Å². The molecule has 0 saturated heterocycles. The molecule has 0 aromatic carbocycles. The van der Waals surface area contributed by atoms with Gasteiger partial charge in [-0.2, -0.15) is 0 Å². The van der Waals surface area contributed by atoms with Crippen LogP contribution in [0.15, 0.2) is 0 Å². The van der Waals surface area contributed by atoms with Crippen LogP contribution in [0.5, 0.6) is 0 Å². The number of ether oxygens (including phenoxy) is 4. The Labute approximate surface area is 562 Å². The van der Waals surface area contributed by atoms with Crippen molar-refractivity contribution in [2.24, 2.45) is 17.8 Å². The topological polar surface area (TPSA) is 237 Å². The third kappa shape index (κ3) is 66.7. The molecule has 0 aliphatic heterocycles. The predicted molar refractivity (Wildman–Crippen MR) is 372 cm³/mol. The van der Waals surface area contributed by atoms with Crippen molar-refractivity contribution in [3.05, 3.63) is 0 Å². The van der Waals surface area contributed by atoms with Gasteiger partial charge in [0, 0.05) is 25.7 Å². The van der Waals surface area contributed by atoms with E-state index in [1.165, 1.54) is 173 Å². The summed E-state index contributed by atoms with van der Waals surface area (Å²) < 4.78 is 68.3. The molecule has 2 unspecified atom stereocenters. The Hall–Kier alpha value is -1.94. The van der Waals surface area contributed by atoms with Gasteiger partial charge in [-0.05, 0) is 43.4 Å². The third-order valence-corrected chi connectivity index (χ3v) is 18.8. The zero-order valence-corrected chi connectivity index (χ0v) is 61.8. The fraction of sp³-hybridized carbons (Fsp3) is 0.945. The Bertz CT molecular complexity index is 1800. The summed E-state index contributed by atoms with van der Waals surface area (Å²) in [5, 5.41) is 10.6. The maximum atomic E-state index is 13.1. The largest absolute Gasteiger partial charge is 0.472 e. The molecule has 0 fully saturated rings. The van der Waals surface area contributed by atoms with Gasteiger partial charge in [-0.3, -0.25) is 37.3 Å². The first-order valence-corrected chi connectivity index (χ1v) is 40.8. The summed E-state index contributed by atoms with van der Waals surface area (Å²) >= 11 is 0. The summed E-state index contributed by atoms with van der Waals surface area (Å²) in [5.41, 5.74) is 0. The lowest BCUT2D eigenvalue weighted by Crippen LogP contribution is -2.30. The van der Waals surface area contributed by atoms with Gasteiger partial charge in [-0.1, -0.05) is 318 Å². The molecule has 0 amide bonds. The van der Waals surface area contributed by atoms with Gasteiger partial charge >= 0.3 is 39.5 Å². The van der Waals surface area contributed by atoms with E-state index in [1.807, 2.05) is 0 Å². The number of aliphatic hydroxyl groups is 1. The van der Waals surface area contributed by atoms with Gasteiger partial charge in [0.15, 0.2) is 12.2 Å². The minimum absolute atomic E-state index is 0.102. The molecular formula is C73H142O17P2. The van der Waals surface area contributed by atoms with Crippen LogP contribution < -0.4 is 0 Å². The number of aliphatic hydroxyl groups excluding tert-OH is 1. The van der Waals surface area contributed by atoms with E-state index in [4.69, 9.17) is 37.0 Å². The lowest BCUT2D eigenvalue weighted by Gasteiger charge is -2.21. The minimum atomic E-state index is -4.95. The summed E-state index contributed by atoms with van der Waals surface area (Å²) in [7, 11) is -9.90. The lowest BCUT2D eigenvalue weighted by molar-refractivity contribution is -0.161. The van der Waals surface area contributed by atoms with Gasteiger partial charge in [-0.25, -0.2) is 9.13 Å². The van der Waals surface area contributed by atoms with Crippen LogP contribution >= 0.6 is 15.6 Å². The molecule has 3 N–H and O–H groups in total. The van der Waals surface area contributed by atoms with Gasteiger partial charge < -0.3 is 33.8 Å². The molecule has 0 saturated carbocycles. The third-order valence-electron chi connectivity index (χ3n) is 16.9. The standard InChI is InChI=1S/C73H142O17P2/c1-8-9-10-11-12-32-40-47-54-70(75)83-61-69(90-73(78)57-50-43-36-35-39-46-53-66(6)7)63-88-92(81,82)86-59-67(74)58-85-91(79,80)87-62-68(60-84-71(76)55-48-41-33-28-24-21-17-19-23-27-31-38-45-52-65(4)5)89-72(77)56-49-42-34-29-25-20-16-14-13-15-18-22-26-30-37-44-51-64(2)3/h64-69,74H,8-63H2,1-7H3,(H,79,80)(H,81,82)/t67-,68-,69-/m1/s1. The highest BCUT2D eigenvalue weighted by atomic mass is 31.2. The second-order valence-electron chi connectivity index (χ2n) is 27.8.